The van der Waals surface area contributed by atoms with Crippen LogP contribution in [0.3, 0.4) is 0 Å². The number of aromatic nitrogens is 2. The predicted molar refractivity (Wildman–Crippen MR) is 123 cm³/mol. The third-order valence-corrected chi connectivity index (χ3v) is 7.91. The van der Waals surface area contributed by atoms with E-state index in [-0.39, 0.29) is 11.3 Å². The molecule has 1 aromatic carbocycles. The zero-order valence-electron chi connectivity index (χ0n) is 20.0. The third-order valence-electron chi connectivity index (χ3n) is 6.03. The highest BCUT2D eigenvalue weighted by atomic mass is 32.2. The molecule has 40 heavy (non-hydrogen) atoms. The Labute approximate surface area is 221 Å². The first-order valence-corrected chi connectivity index (χ1v) is 12.8. The largest absolute Gasteiger partial charge is 0.433 e. The molecule has 2 atom stereocenters. The lowest BCUT2D eigenvalue weighted by Crippen LogP contribution is -2.45. The van der Waals surface area contributed by atoms with Crippen LogP contribution >= 0.6 is 0 Å². The summed E-state index contributed by atoms with van der Waals surface area (Å²) in [6.07, 6.45) is -10.8. The molecule has 0 aliphatic carbocycles. The number of rotatable bonds is 6. The molecule has 4 rings (SSSR count). The minimum Gasteiger partial charge on any atom is -0.351 e. The Bertz CT molecular complexity index is 1490. The number of pyridine rings is 2. The van der Waals surface area contributed by atoms with Crippen molar-refractivity contribution in [1.82, 2.24) is 19.6 Å². The molecule has 3 aromatic rings. The van der Waals surface area contributed by atoms with Crippen LogP contribution in [0.1, 0.15) is 23.2 Å². The molecule has 214 valence electrons. The molecule has 1 aliphatic rings. The summed E-state index contributed by atoms with van der Waals surface area (Å²) in [7, 11) is -4.46. The van der Waals surface area contributed by atoms with E-state index < -0.39 is 87.5 Å². The smallest absolute Gasteiger partial charge is 0.351 e. The normalized spacial score (nSPS) is 18.6. The molecular formula is C24H18F8N4O3S. The van der Waals surface area contributed by atoms with Gasteiger partial charge in [0, 0.05) is 37.5 Å². The number of hydrogen-bond acceptors (Lipinski definition) is 5. The maximum absolute atomic E-state index is 14.2. The highest BCUT2D eigenvalue weighted by Crippen LogP contribution is 2.34. The molecule has 0 saturated carbocycles. The SMILES string of the molecule is O=C(NCc1cc(-c2ccc(C(F)(F)F)nc2)ncc1C(F)(F)F)[C@@H]1C[C@@H](F)CN1S(=O)(=O)c1ccc(F)cc1. The number of carbonyl (C=O) groups excluding carboxylic acids is 1. The van der Waals surface area contributed by atoms with Crippen LogP contribution in [0.4, 0.5) is 35.1 Å². The van der Waals surface area contributed by atoms with Gasteiger partial charge in [-0.3, -0.25) is 14.8 Å². The number of hydrogen-bond donors (Lipinski definition) is 1. The first kappa shape index (κ1) is 29.3. The lowest BCUT2D eigenvalue weighted by molar-refractivity contribution is -0.141. The van der Waals surface area contributed by atoms with E-state index in [9.17, 15) is 48.3 Å². The van der Waals surface area contributed by atoms with E-state index in [0.717, 1.165) is 42.6 Å². The van der Waals surface area contributed by atoms with Crippen LogP contribution < -0.4 is 5.32 Å². The van der Waals surface area contributed by atoms with Gasteiger partial charge in [-0.15, -0.1) is 0 Å². The van der Waals surface area contributed by atoms with E-state index in [1.807, 2.05) is 0 Å². The van der Waals surface area contributed by atoms with Gasteiger partial charge in [0.25, 0.3) is 0 Å². The second kappa shape index (κ2) is 10.7. The Balaban J connectivity index is 1.58. The van der Waals surface area contributed by atoms with Crippen LogP contribution in [0.25, 0.3) is 11.3 Å². The van der Waals surface area contributed by atoms with E-state index in [1.54, 1.807) is 0 Å². The lowest BCUT2D eigenvalue weighted by atomic mass is 10.1. The molecule has 1 fully saturated rings. The summed E-state index contributed by atoms with van der Waals surface area (Å²) in [5, 5.41) is 2.18. The van der Waals surface area contributed by atoms with E-state index in [1.165, 1.54) is 0 Å². The summed E-state index contributed by atoms with van der Waals surface area (Å²) < 4.78 is 133. The minimum absolute atomic E-state index is 0.0399. The van der Waals surface area contributed by atoms with Gasteiger partial charge in [0.15, 0.2) is 0 Å². The fourth-order valence-corrected chi connectivity index (χ4v) is 5.70. The van der Waals surface area contributed by atoms with Crippen molar-refractivity contribution in [3.63, 3.8) is 0 Å². The Morgan fingerprint density at radius 1 is 0.975 bits per heavy atom. The standard InChI is InChI=1S/C24H18F8N4O3S/c25-15-2-4-17(5-3-15)40(38,39)36-12-16(26)8-20(36)22(37)35-10-14-7-19(33-11-18(14)23(27,28)29)13-1-6-21(34-9-13)24(30,31)32/h1-7,9,11,16,20H,8,10,12H2,(H,35,37)/t16-,20+/m1/s1. The molecule has 0 bridgehead atoms. The van der Waals surface area contributed by atoms with Gasteiger partial charge in [-0.2, -0.15) is 30.6 Å². The Morgan fingerprint density at radius 2 is 1.65 bits per heavy atom. The molecule has 2 aromatic heterocycles. The highest BCUT2D eigenvalue weighted by Gasteiger charge is 2.44. The highest BCUT2D eigenvalue weighted by molar-refractivity contribution is 7.89. The molecule has 16 heteroatoms. The first-order chi connectivity index (χ1) is 18.6. The second-order valence-corrected chi connectivity index (χ2v) is 10.6. The van der Waals surface area contributed by atoms with Crippen LogP contribution in [0.5, 0.6) is 0 Å². The number of nitrogens with one attached hydrogen (secondary N) is 1. The molecular weight excluding hydrogens is 576 g/mol. The van der Waals surface area contributed by atoms with E-state index in [0.29, 0.717) is 16.6 Å². The number of nitrogens with zero attached hydrogens (tertiary/aromatic N) is 3. The number of sulfonamides is 1. The van der Waals surface area contributed by atoms with Gasteiger partial charge in [0.1, 0.15) is 23.7 Å². The Hall–Kier alpha value is -3.66. The van der Waals surface area contributed by atoms with Gasteiger partial charge in [-0.1, -0.05) is 0 Å². The monoisotopic (exact) mass is 594 g/mol. The summed E-state index contributed by atoms with van der Waals surface area (Å²) in [4.78, 5) is 19.4. The zero-order chi connectivity index (χ0) is 29.5. The zero-order valence-corrected chi connectivity index (χ0v) is 20.8. The Morgan fingerprint density at radius 3 is 2.23 bits per heavy atom. The van der Waals surface area contributed by atoms with Crippen LogP contribution in [0.15, 0.2) is 59.8 Å². The van der Waals surface area contributed by atoms with Gasteiger partial charge >= 0.3 is 12.4 Å². The number of carbonyl (C=O) groups is 1. The molecule has 7 nitrogen and oxygen atoms in total. The molecule has 0 spiro atoms. The number of halogens is 8. The van der Waals surface area contributed by atoms with Crippen molar-refractivity contribution in [3.8, 4) is 11.3 Å². The summed E-state index contributed by atoms with van der Waals surface area (Å²) in [6, 6.07) is 4.44. The van der Waals surface area contributed by atoms with Crippen LogP contribution in [-0.2, 0) is 33.7 Å². The maximum atomic E-state index is 14.2. The number of benzene rings is 1. The number of alkyl halides is 7. The van der Waals surface area contributed by atoms with Crippen molar-refractivity contribution >= 4 is 15.9 Å². The quantitative estimate of drug-likeness (QED) is 0.417. The average molecular weight is 594 g/mol. The molecule has 1 N–H and O–H groups in total. The van der Waals surface area contributed by atoms with E-state index in [4.69, 9.17) is 0 Å². The second-order valence-electron chi connectivity index (χ2n) is 8.75. The fraction of sp³-hybridized carbons (Fsp3) is 0.292. The van der Waals surface area contributed by atoms with Crippen LogP contribution in [0.2, 0.25) is 0 Å². The summed E-state index contributed by atoms with van der Waals surface area (Å²) in [6.45, 7) is -1.50. The van der Waals surface area contributed by atoms with Crippen molar-refractivity contribution in [2.75, 3.05) is 6.54 Å². The molecule has 0 unspecified atom stereocenters. The topological polar surface area (TPSA) is 92.3 Å². The summed E-state index contributed by atoms with van der Waals surface area (Å²) in [5.41, 5.74) is -3.24. The van der Waals surface area contributed by atoms with Crippen molar-refractivity contribution in [2.45, 2.75) is 42.4 Å². The number of amides is 1. The van der Waals surface area contributed by atoms with Crippen molar-refractivity contribution in [1.29, 1.82) is 0 Å². The maximum Gasteiger partial charge on any atom is 0.433 e. The van der Waals surface area contributed by atoms with E-state index >= 15 is 0 Å². The van der Waals surface area contributed by atoms with Crippen molar-refractivity contribution in [3.05, 3.63) is 77.5 Å². The van der Waals surface area contributed by atoms with Crippen molar-refractivity contribution in [2.24, 2.45) is 0 Å². The Kier molecular flexibility index (Phi) is 7.86. The summed E-state index contributed by atoms with van der Waals surface area (Å²) in [5.74, 6) is -1.82. The van der Waals surface area contributed by atoms with Crippen LogP contribution in [0, 0.1) is 5.82 Å². The molecule has 1 saturated heterocycles. The molecule has 3 heterocycles. The molecule has 0 radical (unpaired) electrons. The van der Waals surface area contributed by atoms with E-state index in [2.05, 4.69) is 15.3 Å². The fourth-order valence-electron chi connectivity index (χ4n) is 4.07. The van der Waals surface area contributed by atoms with Gasteiger partial charge < -0.3 is 5.32 Å². The molecule has 1 aliphatic heterocycles. The first-order valence-electron chi connectivity index (χ1n) is 11.4. The lowest BCUT2D eigenvalue weighted by Gasteiger charge is -2.23. The minimum atomic E-state index is -4.93. The van der Waals surface area contributed by atoms with Gasteiger partial charge in [0.2, 0.25) is 15.9 Å². The van der Waals surface area contributed by atoms with Gasteiger partial charge in [-0.25, -0.2) is 17.2 Å². The van der Waals surface area contributed by atoms with Crippen molar-refractivity contribution < 1.29 is 48.3 Å². The van der Waals surface area contributed by atoms with Gasteiger partial charge in [-0.05, 0) is 48.0 Å². The molecule has 1 amide bonds. The van der Waals surface area contributed by atoms with Crippen LogP contribution in [-0.4, -0.2) is 47.4 Å². The third kappa shape index (κ3) is 6.22. The average Bonchev–Trinajstić information content (AvgIpc) is 3.29. The summed E-state index contributed by atoms with van der Waals surface area (Å²) >= 11 is 0. The predicted octanol–water partition coefficient (Wildman–Crippen LogP) is 4.74. The van der Waals surface area contributed by atoms with Gasteiger partial charge in [0.05, 0.1) is 16.2 Å².